The highest BCUT2D eigenvalue weighted by molar-refractivity contribution is 7.89. The van der Waals surface area contributed by atoms with E-state index >= 15 is 0 Å². The summed E-state index contributed by atoms with van der Waals surface area (Å²) in [6.45, 7) is 2.27. The molecule has 0 aliphatic heterocycles. The van der Waals surface area contributed by atoms with Gasteiger partial charge in [0.15, 0.2) is 9.84 Å². The smallest absolute Gasteiger partial charge is 0.248 e. The molecule has 6 heteroatoms. The van der Waals surface area contributed by atoms with Crippen LogP contribution in [-0.4, -0.2) is 20.6 Å². The van der Waals surface area contributed by atoms with Crippen LogP contribution in [0.4, 0.5) is 5.69 Å². The molecule has 160 valence electrons. The van der Waals surface area contributed by atoms with Crippen LogP contribution in [0.3, 0.4) is 0 Å². The van der Waals surface area contributed by atoms with Gasteiger partial charge in [0.05, 0.1) is 5.75 Å². The van der Waals surface area contributed by atoms with Gasteiger partial charge in [0.25, 0.3) is 0 Å². The Hall–Kier alpha value is -3.38. The summed E-state index contributed by atoms with van der Waals surface area (Å²) in [6, 6.07) is 22.6. The van der Waals surface area contributed by atoms with Crippen molar-refractivity contribution >= 4 is 27.5 Å². The minimum Gasteiger partial charge on any atom is -0.489 e. The molecular formula is C25H25NO4S. The summed E-state index contributed by atoms with van der Waals surface area (Å²) in [5.41, 5.74) is 3.92. The second-order valence-electron chi connectivity index (χ2n) is 7.33. The third-order valence-electron chi connectivity index (χ3n) is 4.66. The quantitative estimate of drug-likeness (QED) is 0.517. The molecule has 5 nitrogen and oxygen atoms in total. The van der Waals surface area contributed by atoms with Crippen LogP contribution < -0.4 is 10.1 Å². The summed E-state index contributed by atoms with van der Waals surface area (Å²) in [7, 11) is -3.16. The van der Waals surface area contributed by atoms with Crippen LogP contribution in [0.1, 0.15) is 22.3 Å². The highest BCUT2D eigenvalue weighted by atomic mass is 32.2. The maximum absolute atomic E-state index is 12.4. The number of rotatable bonds is 8. The number of benzene rings is 3. The standard InChI is InChI=1S/C25H25NO4S/c1-19-22(18-31(2,28)29)11-7-13-24(19)26-25(27)15-14-20-10-6-12-23(16-20)30-17-21-8-4-3-5-9-21/h3-16H,17-18H2,1-2H3,(H,26,27)/b15-14+. The minimum absolute atomic E-state index is 0.0614. The number of hydrogen-bond acceptors (Lipinski definition) is 4. The van der Waals surface area contributed by atoms with Crippen molar-refractivity contribution in [3.05, 3.63) is 101 Å². The second-order valence-corrected chi connectivity index (χ2v) is 9.47. The Kier molecular flexibility index (Phi) is 7.26. The summed E-state index contributed by atoms with van der Waals surface area (Å²) >= 11 is 0. The number of sulfone groups is 1. The Morgan fingerprint density at radius 1 is 1.00 bits per heavy atom. The van der Waals surface area contributed by atoms with Crippen molar-refractivity contribution in [2.75, 3.05) is 11.6 Å². The van der Waals surface area contributed by atoms with Crippen LogP contribution >= 0.6 is 0 Å². The van der Waals surface area contributed by atoms with Crippen molar-refractivity contribution in [1.29, 1.82) is 0 Å². The first kappa shape index (κ1) is 22.3. The molecule has 3 aromatic carbocycles. The SMILES string of the molecule is Cc1c(CS(C)(=O)=O)cccc1NC(=O)/C=C/c1cccc(OCc2ccccc2)c1. The van der Waals surface area contributed by atoms with E-state index in [4.69, 9.17) is 4.74 Å². The third kappa shape index (κ3) is 7.12. The Balaban J connectivity index is 1.63. The molecule has 0 atom stereocenters. The van der Waals surface area contributed by atoms with E-state index in [1.54, 1.807) is 31.2 Å². The van der Waals surface area contributed by atoms with Crippen LogP contribution in [0.15, 0.2) is 78.9 Å². The molecule has 0 saturated carbocycles. The van der Waals surface area contributed by atoms with Gasteiger partial charge in [-0.25, -0.2) is 8.42 Å². The first-order valence-electron chi connectivity index (χ1n) is 9.82. The average Bonchev–Trinajstić information content (AvgIpc) is 2.74. The van der Waals surface area contributed by atoms with Crippen molar-refractivity contribution in [2.45, 2.75) is 19.3 Å². The third-order valence-corrected chi connectivity index (χ3v) is 5.49. The average molecular weight is 436 g/mol. The van der Waals surface area contributed by atoms with Gasteiger partial charge in [-0.05, 0) is 53.5 Å². The normalized spacial score (nSPS) is 11.4. The fraction of sp³-hybridized carbons (Fsp3) is 0.160. The number of amides is 1. The van der Waals surface area contributed by atoms with Crippen LogP contribution in [-0.2, 0) is 27.0 Å². The van der Waals surface area contributed by atoms with Crippen LogP contribution in [0.5, 0.6) is 5.75 Å². The Labute approximate surface area is 183 Å². The molecule has 3 rings (SSSR count). The van der Waals surface area contributed by atoms with E-state index in [0.717, 1.165) is 22.4 Å². The van der Waals surface area contributed by atoms with E-state index in [-0.39, 0.29) is 11.7 Å². The number of ether oxygens (including phenoxy) is 1. The van der Waals surface area contributed by atoms with Gasteiger partial charge in [-0.2, -0.15) is 0 Å². The van der Waals surface area contributed by atoms with Crippen molar-refractivity contribution in [3.63, 3.8) is 0 Å². The van der Waals surface area contributed by atoms with Gasteiger partial charge < -0.3 is 10.1 Å². The number of carbonyl (C=O) groups is 1. The zero-order valence-electron chi connectivity index (χ0n) is 17.5. The maximum atomic E-state index is 12.4. The van der Waals surface area contributed by atoms with Gasteiger partial charge in [0.1, 0.15) is 12.4 Å². The van der Waals surface area contributed by atoms with E-state index in [1.165, 1.54) is 12.3 Å². The summed E-state index contributed by atoms with van der Waals surface area (Å²) < 4.78 is 29.0. The van der Waals surface area contributed by atoms with Crippen molar-refractivity contribution < 1.29 is 17.9 Å². The summed E-state index contributed by atoms with van der Waals surface area (Å²) in [6.07, 6.45) is 4.34. The first-order valence-corrected chi connectivity index (χ1v) is 11.9. The molecule has 31 heavy (non-hydrogen) atoms. The fourth-order valence-corrected chi connectivity index (χ4v) is 3.93. The lowest BCUT2D eigenvalue weighted by Crippen LogP contribution is -2.11. The van der Waals surface area contributed by atoms with E-state index < -0.39 is 9.84 Å². The lowest BCUT2D eigenvalue weighted by molar-refractivity contribution is -0.111. The van der Waals surface area contributed by atoms with Crippen LogP contribution in [0.25, 0.3) is 6.08 Å². The first-order chi connectivity index (χ1) is 14.8. The molecule has 0 aliphatic carbocycles. The lowest BCUT2D eigenvalue weighted by Gasteiger charge is -2.11. The number of anilines is 1. The molecule has 1 amide bonds. The molecule has 0 radical (unpaired) electrons. The molecule has 1 N–H and O–H groups in total. The largest absolute Gasteiger partial charge is 0.489 e. The maximum Gasteiger partial charge on any atom is 0.248 e. The van der Waals surface area contributed by atoms with Gasteiger partial charge in [0.2, 0.25) is 5.91 Å². The van der Waals surface area contributed by atoms with Gasteiger partial charge in [0, 0.05) is 18.0 Å². The monoisotopic (exact) mass is 435 g/mol. The van der Waals surface area contributed by atoms with E-state index in [0.29, 0.717) is 17.9 Å². The molecule has 0 aromatic heterocycles. The van der Waals surface area contributed by atoms with Crippen molar-refractivity contribution in [3.8, 4) is 5.75 Å². The van der Waals surface area contributed by atoms with Crippen LogP contribution in [0, 0.1) is 6.92 Å². The number of nitrogens with one attached hydrogen (secondary N) is 1. The molecule has 0 fully saturated rings. The number of hydrogen-bond donors (Lipinski definition) is 1. The Morgan fingerprint density at radius 3 is 2.48 bits per heavy atom. The molecule has 3 aromatic rings. The van der Waals surface area contributed by atoms with E-state index in [9.17, 15) is 13.2 Å². The molecule has 0 bridgehead atoms. The lowest BCUT2D eigenvalue weighted by atomic mass is 10.1. The summed E-state index contributed by atoms with van der Waals surface area (Å²) in [4.78, 5) is 12.4. The molecule has 0 saturated heterocycles. The van der Waals surface area contributed by atoms with Crippen molar-refractivity contribution in [2.24, 2.45) is 0 Å². The predicted molar refractivity (Wildman–Crippen MR) is 125 cm³/mol. The molecule has 0 unspecified atom stereocenters. The zero-order chi connectivity index (χ0) is 22.3. The fourth-order valence-electron chi connectivity index (χ4n) is 3.05. The highest BCUT2D eigenvalue weighted by Crippen LogP contribution is 2.21. The predicted octanol–water partition coefficient (Wildman–Crippen LogP) is 4.77. The Morgan fingerprint density at radius 2 is 1.74 bits per heavy atom. The van der Waals surface area contributed by atoms with Gasteiger partial charge in [-0.3, -0.25) is 4.79 Å². The molecular weight excluding hydrogens is 410 g/mol. The topological polar surface area (TPSA) is 72.5 Å². The van der Waals surface area contributed by atoms with E-state index in [1.807, 2.05) is 54.6 Å². The molecule has 0 aliphatic rings. The van der Waals surface area contributed by atoms with Gasteiger partial charge >= 0.3 is 0 Å². The van der Waals surface area contributed by atoms with Gasteiger partial charge in [-0.15, -0.1) is 0 Å². The number of carbonyl (C=O) groups excluding carboxylic acids is 1. The zero-order valence-corrected chi connectivity index (χ0v) is 18.4. The summed E-state index contributed by atoms with van der Waals surface area (Å²) in [5.74, 6) is 0.361. The highest BCUT2D eigenvalue weighted by Gasteiger charge is 2.10. The summed E-state index contributed by atoms with van der Waals surface area (Å²) in [5, 5.41) is 2.82. The second kappa shape index (κ2) is 10.1. The van der Waals surface area contributed by atoms with Gasteiger partial charge in [-0.1, -0.05) is 54.6 Å². The van der Waals surface area contributed by atoms with Crippen LogP contribution in [0.2, 0.25) is 0 Å². The van der Waals surface area contributed by atoms with Crippen molar-refractivity contribution in [1.82, 2.24) is 0 Å². The molecule has 0 spiro atoms. The minimum atomic E-state index is -3.16. The molecule has 0 heterocycles. The Bertz CT molecular complexity index is 1190. The van der Waals surface area contributed by atoms with E-state index in [2.05, 4.69) is 5.32 Å².